The highest BCUT2D eigenvalue weighted by Crippen LogP contribution is 2.58. The summed E-state index contributed by atoms with van der Waals surface area (Å²) < 4.78 is 17.2. The Labute approximate surface area is 307 Å². The van der Waals surface area contributed by atoms with Gasteiger partial charge in [0, 0.05) is 54.6 Å². The van der Waals surface area contributed by atoms with E-state index in [-0.39, 0.29) is 31.2 Å². The number of cyclic esters (lactones) is 1. The lowest BCUT2D eigenvalue weighted by Crippen LogP contribution is -2.63. The number of nitrogens with one attached hydrogen (secondary N) is 1. The molecule has 4 amide bonds. The van der Waals surface area contributed by atoms with Gasteiger partial charge in [-0.3, -0.25) is 24.3 Å². The Morgan fingerprint density at radius 2 is 1.75 bits per heavy atom. The summed E-state index contributed by atoms with van der Waals surface area (Å²) in [5.41, 5.74) is 2.54. The number of aromatic nitrogens is 1. The summed E-state index contributed by atoms with van der Waals surface area (Å²) in [5.74, 6) is -4.27. The Hall–Kier alpha value is -5.72. The second-order valence-electron chi connectivity index (χ2n) is 13.6. The largest absolute Gasteiger partial charge is 0.468 e. The number of methoxy groups -OCH3 is 1. The number of imide groups is 1. The number of aliphatic imine (C=N–C) groups is 1. The highest BCUT2D eigenvalue weighted by atomic mass is 16.6. The number of para-hydroxylation sites is 1. The molecule has 0 saturated carbocycles. The van der Waals surface area contributed by atoms with E-state index >= 15 is 0 Å². The summed E-state index contributed by atoms with van der Waals surface area (Å²) in [5, 5.41) is 1.05. The molecule has 276 valence electrons. The van der Waals surface area contributed by atoms with E-state index in [1.165, 1.54) is 16.9 Å². The normalized spacial score (nSPS) is 24.2. The molecular weight excluding hydrogens is 678 g/mol. The minimum atomic E-state index is -1.53. The van der Waals surface area contributed by atoms with Crippen LogP contribution >= 0.6 is 0 Å². The van der Waals surface area contributed by atoms with Crippen LogP contribution in [0.25, 0.3) is 10.9 Å². The molecule has 7 rings (SSSR count). The van der Waals surface area contributed by atoms with Crippen molar-refractivity contribution in [2.24, 2.45) is 22.7 Å². The maximum atomic E-state index is 14.5. The number of allylic oxidation sites excluding steroid dienone is 2. The molecule has 1 aromatic heterocycles. The van der Waals surface area contributed by atoms with Gasteiger partial charge in [0.15, 0.2) is 0 Å². The Bertz CT molecular complexity index is 2060. The number of esters is 1. The molecule has 0 bridgehead atoms. The van der Waals surface area contributed by atoms with Crippen LogP contribution in [0.2, 0.25) is 0 Å². The molecule has 0 unspecified atom stereocenters. The lowest BCUT2D eigenvalue weighted by Gasteiger charge is -2.51. The zero-order chi connectivity index (χ0) is 37.4. The van der Waals surface area contributed by atoms with Gasteiger partial charge in [0.25, 0.3) is 0 Å². The summed E-state index contributed by atoms with van der Waals surface area (Å²) in [4.78, 5) is 81.2. The van der Waals surface area contributed by atoms with Gasteiger partial charge >= 0.3 is 18.2 Å². The third-order valence-electron chi connectivity index (χ3n) is 11.0. The van der Waals surface area contributed by atoms with Gasteiger partial charge < -0.3 is 24.1 Å². The minimum Gasteiger partial charge on any atom is -0.468 e. The van der Waals surface area contributed by atoms with E-state index in [4.69, 9.17) is 19.2 Å². The first-order valence-corrected chi connectivity index (χ1v) is 18.2. The van der Waals surface area contributed by atoms with Gasteiger partial charge in [0.05, 0.1) is 18.9 Å². The van der Waals surface area contributed by atoms with E-state index in [0.717, 1.165) is 26.9 Å². The number of carbonyl (C=O) groups is 5. The molecule has 1 N–H and O–H groups in total. The van der Waals surface area contributed by atoms with Crippen molar-refractivity contribution in [3.05, 3.63) is 95.0 Å². The molecule has 1 aliphatic carbocycles. The molecule has 13 nitrogen and oxygen atoms in total. The second-order valence-corrected chi connectivity index (χ2v) is 13.6. The fourth-order valence-electron chi connectivity index (χ4n) is 8.54. The number of hydrogen-bond acceptors (Lipinski definition) is 9. The summed E-state index contributed by atoms with van der Waals surface area (Å²) in [6, 6.07) is 17.4. The molecule has 4 aliphatic rings. The van der Waals surface area contributed by atoms with Crippen molar-refractivity contribution >= 4 is 46.8 Å². The van der Waals surface area contributed by atoms with Crippen molar-refractivity contribution in [1.29, 1.82) is 0 Å². The Kier molecular flexibility index (Phi) is 9.67. The van der Waals surface area contributed by atoms with Gasteiger partial charge in [0.2, 0.25) is 23.6 Å². The number of nitrogens with zero attached hydrogens (tertiary/aromatic N) is 4. The van der Waals surface area contributed by atoms with Crippen LogP contribution in [0.1, 0.15) is 44.7 Å². The number of aromatic amines is 1. The maximum Gasteiger partial charge on any atom is 0.424 e. The Morgan fingerprint density at radius 3 is 2.47 bits per heavy atom. The third kappa shape index (κ3) is 5.87. The van der Waals surface area contributed by atoms with E-state index in [2.05, 4.69) is 4.98 Å². The van der Waals surface area contributed by atoms with Crippen molar-refractivity contribution < 1.29 is 38.2 Å². The number of ether oxygens (including phenoxy) is 3. The maximum absolute atomic E-state index is 14.5. The average Bonchev–Trinajstić information content (AvgIpc) is 3.78. The highest BCUT2D eigenvalue weighted by molar-refractivity contribution is 6.10. The van der Waals surface area contributed by atoms with E-state index in [9.17, 15) is 24.0 Å². The molecule has 13 heteroatoms. The zero-order valence-electron chi connectivity index (χ0n) is 30.3. The van der Waals surface area contributed by atoms with Crippen LogP contribution in [0.4, 0.5) is 9.59 Å². The summed E-state index contributed by atoms with van der Waals surface area (Å²) >= 11 is 0. The topological polar surface area (TPSA) is 151 Å². The number of rotatable bonds is 11. The minimum absolute atomic E-state index is 0.0244. The van der Waals surface area contributed by atoms with Crippen molar-refractivity contribution in [1.82, 2.24) is 19.7 Å². The first kappa shape index (κ1) is 35.7. The fourth-order valence-corrected chi connectivity index (χ4v) is 8.54. The van der Waals surface area contributed by atoms with Crippen LogP contribution in [-0.2, 0) is 41.4 Å². The quantitative estimate of drug-likeness (QED) is 0.158. The van der Waals surface area contributed by atoms with E-state index in [1.807, 2.05) is 87.6 Å². The van der Waals surface area contributed by atoms with Crippen LogP contribution in [0.15, 0.2) is 88.9 Å². The highest BCUT2D eigenvalue weighted by Gasteiger charge is 2.70. The second kappa shape index (κ2) is 14.4. The Balaban J connectivity index is 1.43. The zero-order valence-corrected chi connectivity index (χ0v) is 30.3. The predicted octanol–water partition coefficient (Wildman–Crippen LogP) is 5.38. The molecule has 53 heavy (non-hydrogen) atoms. The van der Waals surface area contributed by atoms with Crippen LogP contribution in [-0.4, -0.2) is 94.4 Å². The lowest BCUT2D eigenvalue weighted by atomic mass is 9.59. The van der Waals surface area contributed by atoms with Crippen LogP contribution < -0.4 is 0 Å². The number of fused-ring (bicyclic) bond motifs is 6. The number of likely N-dealkylation sites (tertiary alicyclic amines) is 1. The number of amides is 4. The molecule has 4 heterocycles. The van der Waals surface area contributed by atoms with E-state index in [0.29, 0.717) is 37.1 Å². The molecule has 2 saturated heterocycles. The van der Waals surface area contributed by atoms with Crippen molar-refractivity contribution in [3.8, 4) is 0 Å². The molecule has 3 aliphatic heterocycles. The van der Waals surface area contributed by atoms with Gasteiger partial charge in [-0.25, -0.2) is 14.5 Å². The molecule has 0 radical (unpaired) electrons. The first-order valence-electron chi connectivity index (χ1n) is 18.2. The van der Waals surface area contributed by atoms with Gasteiger partial charge in [-0.15, -0.1) is 0 Å². The summed E-state index contributed by atoms with van der Waals surface area (Å²) in [6.07, 6.45) is 3.60. The fraction of sp³-hybridized carbons (Fsp3) is 0.400. The van der Waals surface area contributed by atoms with Crippen molar-refractivity contribution in [2.75, 3.05) is 33.3 Å². The monoisotopic (exact) mass is 721 g/mol. The standard InChI is InChI=1S/C40H43N5O8/c1-5-26-28-17-18-29-32(35(48)44(34(29)47)23-31(46)51-4)33(28)40(21-24-13-9-8-10-14-24)37(41-20-19-25-22-42-30-16-12-11-15-27(25)30)53-39(50)45(40)36(26)52-38(49)43(6-2)7-3/h8-17,22,29,32-33,42H,5-7,18-21,23H2,1-4H3/t29-,32-,33+,40+/m1/s1. The summed E-state index contributed by atoms with van der Waals surface area (Å²) in [7, 11) is 1.20. The smallest absolute Gasteiger partial charge is 0.424 e. The van der Waals surface area contributed by atoms with Crippen molar-refractivity contribution in [3.63, 3.8) is 0 Å². The summed E-state index contributed by atoms with van der Waals surface area (Å²) in [6.45, 7) is 6.03. The molecular formula is C40H43N5O8. The number of H-pyrrole nitrogens is 1. The molecule has 2 fully saturated rings. The third-order valence-corrected chi connectivity index (χ3v) is 11.0. The lowest BCUT2D eigenvalue weighted by molar-refractivity contribution is -0.151. The van der Waals surface area contributed by atoms with Gasteiger partial charge in [0.1, 0.15) is 12.1 Å². The van der Waals surface area contributed by atoms with Crippen LogP contribution in [0.5, 0.6) is 0 Å². The molecule has 0 spiro atoms. The van der Waals surface area contributed by atoms with Crippen molar-refractivity contribution in [2.45, 2.75) is 52.0 Å². The van der Waals surface area contributed by atoms with Gasteiger partial charge in [-0.1, -0.05) is 61.5 Å². The number of carbonyl (C=O) groups excluding carboxylic acids is 5. The van der Waals surface area contributed by atoms with Gasteiger partial charge in [-0.05, 0) is 55.9 Å². The average molecular weight is 722 g/mol. The van der Waals surface area contributed by atoms with E-state index < -0.39 is 59.8 Å². The first-order chi connectivity index (χ1) is 25.7. The van der Waals surface area contributed by atoms with E-state index in [1.54, 1.807) is 0 Å². The van der Waals surface area contributed by atoms with Gasteiger partial charge in [-0.2, -0.15) is 0 Å². The predicted molar refractivity (Wildman–Crippen MR) is 194 cm³/mol. The Morgan fingerprint density at radius 1 is 1.02 bits per heavy atom. The SMILES string of the molecule is CCC1=C(OC(=O)N(CC)CC)N2C(=O)OC(=NCCc3c[nH]c4ccccc34)[C@]2(Cc2ccccc2)[C@H]2C1=CC[C@H]1C(=O)N(CC(=O)OC)C(=O)[C@H]12. The van der Waals surface area contributed by atoms with Crippen LogP contribution in [0, 0.1) is 17.8 Å². The number of hydrogen-bond donors (Lipinski definition) is 1. The number of benzene rings is 2. The molecule has 4 atom stereocenters. The molecule has 2 aromatic carbocycles. The van der Waals surface area contributed by atoms with Crippen LogP contribution in [0.3, 0.4) is 0 Å². The molecule has 3 aromatic rings.